The normalized spacial score (nSPS) is 17.3. The third-order valence-corrected chi connectivity index (χ3v) is 17.8. The average molecular weight is 973 g/mol. The molecule has 2 unspecified atom stereocenters. The lowest BCUT2D eigenvalue weighted by molar-refractivity contribution is 0.0810. The van der Waals surface area contributed by atoms with Crippen molar-refractivity contribution in [3.8, 4) is 17.1 Å². The predicted molar refractivity (Wildman–Crippen MR) is 310 cm³/mol. The highest BCUT2D eigenvalue weighted by atomic mass is 16.5. The Bertz CT molecular complexity index is 5110. The fourth-order valence-electron chi connectivity index (χ4n) is 15.1. The van der Waals surface area contributed by atoms with Crippen LogP contribution in [0.2, 0.25) is 0 Å². The van der Waals surface area contributed by atoms with Crippen LogP contribution in [0.1, 0.15) is 29.9 Å². The lowest BCUT2D eigenvalue weighted by atomic mass is 9.29. The molecule has 0 saturated carbocycles. The van der Waals surface area contributed by atoms with Gasteiger partial charge in [0.25, 0.3) is 6.71 Å². The van der Waals surface area contributed by atoms with Gasteiger partial charge in [-0.1, -0.05) is 140 Å². The van der Waals surface area contributed by atoms with Gasteiger partial charge in [0.2, 0.25) is 0 Å². The van der Waals surface area contributed by atoms with Gasteiger partial charge in [-0.25, -0.2) is 0 Å². The second-order valence-corrected chi connectivity index (χ2v) is 21.6. The van der Waals surface area contributed by atoms with E-state index in [1.54, 1.807) is 0 Å². The predicted octanol–water partition coefficient (Wildman–Crippen LogP) is 15.7. The molecule has 76 heavy (non-hydrogen) atoms. The van der Waals surface area contributed by atoms with E-state index in [1.165, 1.54) is 38.0 Å². The fourth-order valence-corrected chi connectivity index (χ4v) is 15.1. The van der Waals surface area contributed by atoms with Crippen molar-refractivity contribution in [1.82, 2.24) is 13.7 Å². The molecule has 3 aliphatic heterocycles. The number of ether oxygens (including phenoxy) is 1. The van der Waals surface area contributed by atoms with Gasteiger partial charge < -0.3 is 32.2 Å². The molecule has 15 aromatic rings. The zero-order valence-corrected chi connectivity index (χ0v) is 41.3. The first-order chi connectivity index (χ1) is 37.5. The Hall–Kier alpha value is -9.66. The van der Waals surface area contributed by atoms with Crippen LogP contribution < -0.4 is 20.6 Å². The quantitative estimate of drug-likeness (QED) is 0.166. The Labute approximate surface area is 434 Å². The molecule has 0 fully saturated rings. The lowest BCUT2D eigenvalue weighted by Crippen LogP contribution is -2.66. The number of aryl methyl sites for hydroxylation is 1. The number of furan rings is 2. The molecule has 8 heterocycles. The molecule has 5 aromatic heterocycles. The molecular weight excluding hydrogens is 932 g/mol. The number of nitrogens with zero attached hydrogens (tertiary/aromatic N) is 4. The van der Waals surface area contributed by atoms with Gasteiger partial charge in [0.15, 0.2) is 11.2 Å². The summed E-state index contributed by atoms with van der Waals surface area (Å²) in [5, 5.41) is 10.3. The maximum absolute atomic E-state index is 8.66. The molecule has 10 aromatic carbocycles. The van der Waals surface area contributed by atoms with E-state index >= 15 is 0 Å². The standard InChI is InChI=1S/C68H41BN4O3/c1-37-35-51-58-52(36-37)72-48-30-14-10-25-43(48)44-27-18-34-54-55(44)57-60(72)59-65(62(63(57)75-54)71-46-28-12-6-21-39(46)40-22-7-13-29-47(40)71)76-68(2)66(69(58)59)61(70(51)38-19-4-3-5-20-38)56-45-26-11-17-33-53(45)74-64(56)67(68)73-49-31-15-8-23-41(49)42-24-9-16-32-50(42)73/h3-36,67H,1-2H3. The molecule has 2 atom stereocenters. The van der Waals surface area contributed by atoms with E-state index < -0.39 is 11.6 Å². The number of hydrogen-bond donors (Lipinski definition) is 0. The van der Waals surface area contributed by atoms with E-state index in [2.05, 4.69) is 239 Å². The number of rotatable bonds is 3. The second kappa shape index (κ2) is 13.5. The molecule has 0 saturated heterocycles. The number of fused-ring (bicyclic) bond motifs is 14. The highest BCUT2D eigenvalue weighted by molar-refractivity contribution is 6.97. The molecule has 0 N–H and O–H groups in total. The van der Waals surface area contributed by atoms with Crippen molar-refractivity contribution >= 4 is 133 Å². The summed E-state index contributed by atoms with van der Waals surface area (Å²) in [5.74, 6) is 1.68. The number of anilines is 2. The summed E-state index contributed by atoms with van der Waals surface area (Å²) in [6.07, 6.45) is 0. The smallest absolute Gasteiger partial charge is 0.257 e. The van der Waals surface area contributed by atoms with Crippen LogP contribution in [-0.4, -0.2) is 26.0 Å². The van der Waals surface area contributed by atoms with Gasteiger partial charge in [-0.15, -0.1) is 0 Å². The summed E-state index contributed by atoms with van der Waals surface area (Å²) in [5.41, 5.74) is 19.3. The van der Waals surface area contributed by atoms with Crippen LogP contribution in [0.4, 0.5) is 11.4 Å². The SMILES string of the molecule is Cc1cc2c3c(c1)-n1c4ccccc4c4cccc5oc6c(-n7c8ccccc8c8ccccc87)c7c(c1c6c54)B3C1=C(c3c(oc4ccccc34)C(n3c4ccccc4c4ccccc43)C1(C)O7)N2c1ccccc1. The molecular formula is C68H41BN4O3. The van der Waals surface area contributed by atoms with E-state index in [9.17, 15) is 0 Å². The van der Waals surface area contributed by atoms with Crippen LogP contribution in [0.3, 0.4) is 0 Å². The van der Waals surface area contributed by atoms with Gasteiger partial charge >= 0.3 is 0 Å². The van der Waals surface area contributed by atoms with Crippen molar-refractivity contribution < 1.29 is 13.6 Å². The van der Waals surface area contributed by atoms with Gasteiger partial charge in [-0.05, 0) is 108 Å². The topological polar surface area (TPSA) is 53.5 Å². The zero-order chi connectivity index (χ0) is 49.4. The molecule has 0 amide bonds. The van der Waals surface area contributed by atoms with E-state index in [1.807, 2.05) is 0 Å². The van der Waals surface area contributed by atoms with E-state index in [0.29, 0.717) is 0 Å². The molecule has 19 rings (SSSR count). The highest BCUT2D eigenvalue weighted by Gasteiger charge is 2.63. The summed E-state index contributed by atoms with van der Waals surface area (Å²) >= 11 is 0. The first-order valence-electron chi connectivity index (χ1n) is 26.4. The highest BCUT2D eigenvalue weighted by Crippen LogP contribution is 2.62. The number of hydrogen-bond acceptors (Lipinski definition) is 4. The van der Waals surface area contributed by atoms with Crippen LogP contribution in [0.25, 0.3) is 115 Å². The Kier molecular flexibility index (Phi) is 7.10. The summed E-state index contributed by atoms with van der Waals surface area (Å²) in [7, 11) is 0. The minimum atomic E-state index is -1.11. The molecule has 0 radical (unpaired) electrons. The minimum absolute atomic E-state index is 0.281. The third kappa shape index (κ3) is 4.51. The summed E-state index contributed by atoms with van der Waals surface area (Å²) in [6.45, 7) is 4.34. The number of aromatic nitrogens is 3. The average Bonchev–Trinajstić information content (AvgIpc) is 4.33. The van der Waals surface area contributed by atoms with Gasteiger partial charge in [-0.3, -0.25) is 0 Å². The van der Waals surface area contributed by atoms with Crippen LogP contribution in [0.5, 0.6) is 5.75 Å². The van der Waals surface area contributed by atoms with Crippen LogP contribution in [-0.2, 0) is 0 Å². The largest absolute Gasteiger partial charge is 0.479 e. The summed E-state index contributed by atoms with van der Waals surface area (Å²) in [6, 6.07) is 74.9. The summed E-state index contributed by atoms with van der Waals surface area (Å²) < 4.78 is 31.4. The van der Waals surface area contributed by atoms with Crippen molar-refractivity contribution in [2.24, 2.45) is 0 Å². The van der Waals surface area contributed by atoms with Crippen molar-refractivity contribution in [1.29, 1.82) is 0 Å². The van der Waals surface area contributed by atoms with Crippen LogP contribution in [0.15, 0.2) is 221 Å². The van der Waals surface area contributed by atoms with Gasteiger partial charge in [-0.2, -0.15) is 0 Å². The van der Waals surface area contributed by atoms with Crippen molar-refractivity contribution in [3.05, 3.63) is 229 Å². The molecule has 7 nitrogen and oxygen atoms in total. The van der Waals surface area contributed by atoms with Crippen LogP contribution in [0, 0.1) is 6.92 Å². The number of para-hydroxylation sites is 7. The third-order valence-electron chi connectivity index (χ3n) is 17.8. The molecule has 354 valence electrons. The minimum Gasteiger partial charge on any atom is -0.479 e. The monoisotopic (exact) mass is 972 g/mol. The first kappa shape index (κ1) is 39.8. The van der Waals surface area contributed by atoms with Gasteiger partial charge in [0, 0.05) is 71.4 Å². The first-order valence-corrected chi connectivity index (χ1v) is 26.4. The summed E-state index contributed by atoms with van der Waals surface area (Å²) in [4.78, 5) is 2.55. The van der Waals surface area contributed by atoms with Gasteiger partial charge in [0.1, 0.15) is 34.4 Å². The molecule has 1 aliphatic carbocycles. The maximum Gasteiger partial charge on any atom is 0.257 e. The van der Waals surface area contributed by atoms with E-state index in [-0.39, 0.29) is 6.71 Å². The fraction of sp³-hybridized carbons (Fsp3) is 0.0588. The Balaban J connectivity index is 1.11. The van der Waals surface area contributed by atoms with Crippen LogP contribution >= 0.6 is 0 Å². The van der Waals surface area contributed by atoms with Crippen molar-refractivity contribution in [2.75, 3.05) is 4.90 Å². The molecule has 4 aliphatic rings. The molecule has 0 bridgehead atoms. The van der Waals surface area contributed by atoms with Crippen molar-refractivity contribution in [3.63, 3.8) is 0 Å². The van der Waals surface area contributed by atoms with E-state index in [4.69, 9.17) is 13.6 Å². The number of benzene rings is 10. The molecule has 0 spiro atoms. The zero-order valence-electron chi connectivity index (χ0n) is 41.3. The van der Waals surface area contributed by atoms with Crippen molar-refractivity contribution in [2.45, 2.75) is 25.5 Å². The van der Waals surface area contributed by atoms with E-state index in [0.717, 1.165) is 128 Å². The van der Waals surface area contributed by atoms with Gasteiger partial charge in [0.05, 0.1) is 33.2 Å². The lowest BCUT2D eigenvalue weighted by Gasteiger charge is -2.54. The molecule has 8 heteroatoms. The Morgan fingerprint density at radius 1 is 0.487 bits per heavy atom. The Morgan fingerprint density at radius 3 is 1.71 bits per heavy atom. The second-order valence-electron chi connectivity index (χ2n) is 21.6. The maximum atomic E-state index is 8.66. The Morgan fingerprint density at radius 2 is 1.03 bits per heavy atom.